The second kappa shape index (κ2) is 10.8. The number of halogens is 11. The zero-order valence-corrected chi connectivity index (χ0v) is 20.3. The predicted octanol–water partition coefficient (Wildman–Crippen LogP) is 7.07. The Kier molecular flexibility index (Phi) is 8.40. The maximum atomic E-state index is 15.0. The van der Waals surface area contributed by atoms with Crippen molar-refractivity contribution in [2.75, 3.05) is 18.4 Å². The molecule has 0 aromatic heterocycles. The van der Waals surface area contributed by atoms with Crippen molar-refractivity contribution in [2.45, 2.75) is 43.4 Å². The highest BCUT2D eigenvalue weighted by atomic mass is 19.4. The van der Waals surface area contributed by atoms with Crippen molar-refractivity contribution in [3.63, 3.8) is 0 Å². The molecule has 220 valence electrons. The van der Waals surface area contributed by atoms with Gasteiger partial charge in [-0.2, -0.15) is 39.5 Å². The molecule has 2 unspecified atom stereocenters. The Balaban J connectivity index is 2.25. The van der Waals surface area contributed by atoms with Gasteiger partial charge in [-0.25, -0.2) is 8.78 Å². The number of anilines is 1. The molecule has 0 heterocycles. The molecule has 2 atom stereocenters. The van der Waals surface area contributed by atoms with Gasteiger partial charge in [-0.05, 0) is 36.3 Å². The van der Waals surface area contributed by atoms with E-state index in [9.17, 15) is 58.5 Å². The second-order valence-electron chi connectivity index (χ2n) is 9.22. The number of phenols is 1. The molecule has 4 N–H and O–H groups in total. The first-order chi connectivity index (χ1) is 18.2. The first-order valence-electron chi connectivity index (χ1n) is 11.3. The van der Waals surface area contributed by atoms with Crippen molar-refractivity contribution in [2.24, 2.45) is 0 Å². The van der Waals surface area contributed by atoms with Crippen LogP contribution in [0.15, 0.2) is 59.6 Å². The topological polar surface area (TPSA) is 64.5 Å². The number of hydrogen-bond donors (Lipinski definition) is 4. The van der Waals surface area contributed by atoms with Crippen molar-refractivity contribution < 1.29 is 58.5 Å². The smallest absolute Gasteiger partial charge is 0.416 e. The Hall–Kier alpha value is -3.49. The number of aliphatic hydroxyl groups is 1. The number of benzene rings is 2. The molecular weight excluding hydrogens is 569 g/mol. The molecule has 0 aliphatic heterocycles. The van der Waals surface area contributed by atoms with E-state index in [4.69, 9.17) is 0 Å². The molecule has 0 radical (unpaired) electrons. The number of alkyl halides is 9. The zero-order chi connectivity index (χ0) is 30.3. The summed E-state index contributed by atoms with van der Waals surface area (Å²) in [5.74, 6) is -5.75. The predicted molar refractivity (Wildman–Crippen MR) is 121 cm³/mol. The summed E-state index contributed by atoms with van der Waals surface area (Å²) in [5, 5.41) is 25.3. The maximum Gasteiger partial charge on any atom is 0.416 e. The summed E-state index contributed by atoms with van der Waals surface area (Å²) in [4.78, 5) is 0. The summed E-state index contributed by atoms with van der Waals surface area (Å²) in [6.07, 6.45) is -15.0. The fourth-order valence-corrected chi connectivity index (χ4v) is 4.31. The molecule has 40 heavy (non-hydrogen) atoms. The third kappa shape index (κ3) is 7.37. The Labute approximate surface area is 219 Å². The van der Waals surface area contributed by atoms with E-state index in [1.165, 1.54) is 0 Å². The summed E-state index contributed by atoms with van der Waals surface area (Å²) in [5.41, 5.74) is -7.22. The van der Waals surface area contributed by atoms with Crippen LogP contribution in [0.5, 0.6) is 5.75 Å². The molecule has 1 aliphatic carbocycles. The molecular formula is C25H21F11N2O2. The molecule has 0 spiro atoms. The molecule has 0 bridgehead atoms. The Morgan fingerprint density at radius 3 is 2.02 bits per heavy atom. The first-order valence-corrected chi connectivity index (χ1v) is 11.3. The van der Waals surface area contributed by atoms with E-state index in [2.05, 4.69) is 0 Å². The standard InChI is InChI=1S/C25H21F11N2O2/c1-22(40)9-19(38-11-24(31,32)33)17(27)7-15(22)21(12-4-2-3-5-14(12)25(34,35)36)13-6-16(26)18(8-20(13)39)37-10-23(28,29)30/h2-8,21,37-40H,9-11H2,1H3. The Bertz CT molecular complexity index is 1310. The van der Waals surface area contributed by atoms with Gasteiger partial charge in [0.2, 0.25) is 0 Å². The average molecular weight is 590 g/mol. The van der Waals surface area contributed by atoms with Crippen molar-refractivity contribution in [3.05, 3.63) is 82.1 Å². The van der Waals surface area contributed by atoms with Gasteiger partial charge in [-0.1, -0.05) is 18.2 Å². The number of phenolic OH excluding ortho intramolecular Hbond substituents is 1. The lowest BCUT2D eigenvalue weighted by Crippen LogP contribution is -2.39. The first kappa shape index (κ1) is 31.0. The summed E-state index contributed by atoms with van der Waals surface area (Å²) < 4.78 is 147. The summed E-state index contributed by atoms with van der Waals surface area (Å²) >= 11 is 0. The minimum atomic E-state index is -5.05. The van der Waals surface area contributed by atoms with Gasteiger partial charge in [0.1, 0.15) is 30.5 Å². The monoisotopic (exact) mass is 590 g/mol. The average Bonchev–Trinajstić information content (AvgIpc) is 2.80. The molecule has 0 saturated carbocycles. The van der Waals surface area contributed by atoms with E-state index >= 15 is 0 Å². The van der Waals surface area contributed by atoms with Crippen molar-refractivity contribution in [1.29, 1.82) is 0 Å². The fourth-order valence-electron chi connectivity index (χ4n) is 4.31. The molecule has 0 saturated heterocycles. The van der Waals surface area contributed by atoms with Crippen LogP contribution in [0.3, 0.4) is 0 Å². The summed E-state index contributed by atoms with van der Waals surface area (Å²) in [6, 6.07) is 4.57. The van der Waals surface area contributed by atoms with Gasteiger partial charge in [-0.3, -0.25) is 0 Å². The summed E-state index contributed by atoms with van der Waals surface area (Å²) in [6.45, 7) is -2.43. The highest BCUT2D eigenvalue weighted by molar-refractivity contribution is 5.60. The van der Waals surface area contributed by atoms with E-state index in [1.54, 1.807) is 10.6 Å². The van der Waals surface area contributed by atoms with Crippen LogP contribution in [0.25, 0.3) is 0 Å². The lowest BCUT2D eigenvalue weighted by molar-refractivity contribution is -0.138. The van der Waals surface area contributed by atoms with E-state index in [0.717, 1.165) is 25.1 Å². The summed E-state index contributed by atoms with van der Waals surface area (Å²) in [7, 11) is 0. The highest BCUT2D eigenvalue weighted by Crippen LogP contribution is 2.49. The highest BCUT2D eigenvalue weighted by Gasteiger charge is 2.43. The molecule has 1 aliphatic rings. The quantitative estimate of drug-likeness (QED) is 0.261. The van der Waals surface area contributed by atoms with E-state index in [-0.39, 0.29) is 0 Å². The molecule has 4 nitrogen and oxygen atoms in total. The number of aromatic hydroxyl groups is 1. The van der Waals surface area contributed by atoms with Crippen LogP contribution < -0.4 is 10.6 Å². The van der Waals surface area contributed by atoms with Crippen molar-refractivity contribution >= 4 is 5.69 Å². The van der Waals surface area contributed by atoms with E-state index in [0.29, 0.717) is 24.3 Å². The Morgan fingerprint density at radius 2 is 1.45 bits per heavy atom. The number of nitrogens with one attached hydrogen (secondary N) is 2. The molecule has 15 heteroatoms. The van der Waals surface area contributed by atoms with Crippen LogP contribution >= 0.6 is 0 Å². The van der Waals surface area contributed by atoms with Gasteiger partial charge in [0.25, 0.3) is 0 Å². The SMILES string of the molecule is CC1(O)CC(NCC(F)(F)F)=C(F)C=C1C(c1cc(F)c(NCC(F)(F)F)cc1O)c1ccccc1C(F)(F)F. The molecule has 2 aromatic carbocycles. The lowest BCUT2D eigenvalue weighted by Gasteiger charge is -2.37. The number of allylic oxidation sites excluding steroid dienone is 2. The lowest BCUT2D eigenvalue weighted by atomic mass is 9.72. The van der Waals surface area contributed by atoms with Crippen LogP contribution in [0.4, 0.5) is 54.0 Å². The minimum Gasteiger partial charge on any atom is -0.508 e. The van der Waals surface area contributed by atoms with Gasteiger partial charge in [0.15, 0.2) is 0 Å². The normalized spacial score (nSPS) is 19.4. The third-order valence-electron chi connectivity index (χ3n) is 6.01. The number of hydrogen-bond acceptors (Lipinski definition) is 4. The second-order valence-corrected chi connectivity index (χ2v) is 9.22. The van der Waals surface area contributed by atoms with Crippen molar-refractivity contribution in [1.82, 2.24) is 5.32 Å². The van der Waals surface area contributed by atoms with Crippen LogP contribution in [-0.4, -0.2) is 41.3 Å². The third-order valence-corrected chi connectivity index (χ3v) is 6.01. The van der Waals surface area contributed by atoms with E-state index in [1.807, 2.05) is 0 Å². The van der Waals surface area contributed by atoms with Gasteiger partial charge in [0.05, 0.1) is 22.5 Å². The zero-order valence-electron chi connectivity index (χ0n) is 20.3. The molecule has 3 rings (SSSR count). The van der Waals surface area contributed by atoms with Gasteiger partial charge >= 0.3 is 18.5 Å². The van der Waals surface area contributed by atoms with Gasteiger partial charge < -0.3 is 20.8 Å². The van der Waals surface area contributed by atoms with Gasteiger partial charge in [0, 0.05) is 24.0 Å². The number of rotatable bonds is 7. The maximum absolute atomic E-state index is 15.0. The van der Waals surface area contributed by atoms with Crippen molar-refractivity contribution in [3.8, 4) is 5.75 Å². The van der Waals surface area contributed by atoms with Crippen LogP contribution in [-0.2, 0) is 6.18 Å². The van der Waals surface area contributed by atoms with Crippen LogP contribution in [0.2, 0.25) is 0 Å². The molecule has 2 aromatic rings. The minimum absolute atomic E-state index is 0.432. The Morgan fingerprint density at radius 1 is 0.875 bits per heavy atom. The van der Waals surface area contributed by atoms with E-state index < -0.39 is 101 Å². The van der Waals surface area contributed by atoms with Crippen LogP contribution in [0, 0.1) is 5.82 Å². The largest absolute Gasteiger partial charge is 0.508 e. The molecule has 0 amide bonds. The van der Waals surface area contributed by atoms with Crippen LogP contribution in [0.1, 0.15) is 36.0 Å². The van der Waals surface area contributed by atoms with Gasteiger partial charge in [-0.15, -0.1) is 0 Å². The molecule has 0 fully saturated rings. The fraction of sp³-hybridized carbons (Fsp3) is 0.360.